The van der Waals surface area contributed by atoms with E-state index in [0.717, 1.165) is 5.56 Å². The van der Waals surface area contributed by atoms with E-state index in [4.69, 9.17) is 14.2 Å². The third-order valence-corrected chi connectivity index (χ3v) is 6.03. The molecule has 0 amide bonds. The molecule has 1 atom stereocenters. The maximum atomic E-state index is 12.8. The van der Waals surface area contributed by atoms with Crippen LogP contribution in [0.4, 0.5) is 0 Å². The van der Waals surface area contributed by atoms with E-state index < -0.39 is 15.6 Å². The smallest absolute Gasteiger partial charge is 0.240 e. The molecule has 6 nitrogen and oxygen atoms in total. The highest BCUT2D eigenvalue weighted by Crippen LogP contribution is 2.33. The molecule has 0 fully saturated rings. The monoisotopic (exact) mass is 377 g/mol. The Morgan fingerprint density at radius 2 is 1.77 bits per heavy atom. The van der Waals surface area contributed by atoms with Gasteiger partial charge in [0.15, 0.2) is 11.5 Å². The van der Waals surface area contributed by atoms with Crippen molar-refractivity contribution in [2.24, 2.45) is 0 Å². The number of nitrogens with one attached hydrogen (secondary N) is 1. The summed E-state index contributed by atoms with van der Waals surface area (Å²) in [5.74, 6) is 0.995. The first-order valence-corrected chi connectivity index (χ1v) is 9.99. The number of sulfonamides is 1. The molecule has 0 saturated carbocycles. The number of benzene rings is 2. The fourth-order valence-electron chi connectivity index (χ4n) is 2.99. The lowest BCUT2D eigenvalue weighted by Gasteiger charge is -2.32. The number of hydrogen-bond donors (Lipinski definition) is 1. The molecule has 0 bridgehead atoms. The third kappa shape index (κ3) is 3.70. The second-order valence-corrected chi connectivity index (χ2v) is 7.81. The minimum absolute atomic E-state index is 0.126. The number of methoxy groups -OCH3 is 1. The molecule has 1 unspecified atom stereocenters. The van der Waals surface area contributed by atoms with E-state index in [9.17, 15) is 8.42 Å². The van der Waals surface area contributed by atoms with Crippen LogP contribution in [-0.4, -0.2) is 35.3 Å². The van der Waals surface area contributed by atoms with Gasteiger partial charge in [0.05, 0.1) is 4.90 Å². The Balaban J connectivity index is 1.82. The van der Waals surface area contributed by atoms with Crippen molar-refractivity contribution >= 4 is 10.0 Å². The van der Waals surface area contributed by atoms with Crippen molar-refractivity contribution in [3.05, 3.63) is 54.1 Å². The maximum Gasteiger partial charge on any atom is 0.240 e. The number of fused-ring (bicyclic) bond motifs is 1. The van der Waals surface area contributed by atoms with Gasteiger partial charge in [0, 0.05) is 19.7 Å². The van der Waals surface area contributed by atoms with E-state index in [1.807, 2.05) is 37.3 Å². The van der Waals surface area contributed by atoms with Crippen LogP contribution in [0.25, 0.3) is 0 Å². The van der Waals surface area contributed by atoms with Crippen molar-refractivity contribution in [2.75, 3.05) is 26.9 Å². The van der Waals surface area contributed by atoms with Gasteiger partial charge in [-0.1, -0.05) is 37.3 Å². The average molecular weight is 377 g/mol. The Kier molecular flexibility index (Phi) is 5.50. The normalized spacial score (nSPS) is 16.1. The summed E-state index contributed by atoms with van der Waals surface area (Å²) in [6.07, 6.45) is 0.622. The van der Waals surface area contributed by atoms with E-state index in [1.54, 1.807) is 13.2 Å². The summed E-state index contributed by atoms with van der Waals surface area (Å²) in [5.41, 5.74) is 0.192. The summed E-state index contributed by atoms with van der Waals surface area (Å²) >= 11 is 0. The highest BCUT2D eigenvalue weighted by Gasteiger charge is 2.32. The predicted octanol–water partition coefficient (Wildman–Crippen LogP) is 2.69. The van der Waals surface area contributed by atoms with E-state index in [2.05, 4.69) is 4.72 Å². The first kappa shape index (κ1) is 18.7. The van der Waals surface area contributed by atoms with Gasteiger partial charge < -0.3 is 14.2 Å². The number of ether oxygens (including phenoxy) is 3. The molecular formula is C19H23NO5S. The van der Waals surface area contributed by atoms with Gasteiger partial charge in [0.25, 0.3) is 0 Å². The van der Waals surface area contributed by atoms with Crippen LogP contribution >= 0.6 is 0 Å². The summed E-state index contributed by atoms with van der Waals surface area (Å²) < 4.78 is 44.8. The molecule has 1 N–H and O–H groups in total. The van der Waals surface area contributed by atoms with Gasteiger partial charge in [-0.15, -0.1) is 0 Å². The molecule has 1 heterocycles. The van der Waals surface area contributed by atoms with Crippen LogP contribution in [0, 0.1) is 0 Å². The zero-order chi connectivity index (χ0) is 18.6. The Bertz CT molecular complexity index is 847. The summed E-state index contributed by atoms with van der Waals surface area (Å²) in [6.45, 7) is 2.96. The van der Waals surface area contributed by atoms with Gasteiger partial charge in [0.1, 0.15) is 18.8 Å². The van der Waals surface area contributed by atoms with E-state index in [1.165, 1.54) is 12.1 Å². The van der Waals surface area contributed by atoms with Crippen molar-refractivity contribution in [1.29, 1.82) is 0 Å². The van der Waals surface area contributed by atoms with Gasteiger partial charge in [-0.2, -0.15) is 0 Å². The molecule has 26 heavy (non-hydrogen) atoms. The lowest BCUT2D eigenvalue weighted by atomic mass is 9.91. The first-order chi connectivity index (χ1) is 12.5. The quantitative estimate of drug-likeness (QED) is 0.803. The molecule has 0 spiro atoms. The minimum Gasteiger partial charge on any atom is -0.486 e. The summed E-state index contributed by atoms with van der Waals surface area (Å²) in [7, 11) is -2.13. The van der Waals surface area contributed by atoms with Gasteiger partial charge in [-0.3, -0.25) is 0 Å². The SMILES string of the molecule is CCC(CNS(=O)(=O)c1ccc2c(c1)OCCO2)(OC)c1ccccc1. The maximum absolute atomic E-state index is 12.8. The second-order valence-electron chi connectivity index (χ2n) is 6.05. The highest BCUT2D eigenvalue weighted by molar-refractivity contribution is 7.89. The molecule has 2 aromatic rings. The molecule has 0 saturated heterocycles. The highest BCUT2D eigenvalue weighted by atomic mass is 32.2. The molecule has 0 radical (unpaired) electrons. The van der Waals surface area contributed by atoms with Crippen LogP contribution in [0.15, 0.2) is 53.4 Å². The molecule has 3 rings (SSSR count). The summed E-state index contributed by atoms with van der Waals surface area (Å²) in [5, 5.41) is 0. The van der Waals surface area contributed by atoms with Gasteiger partial charge >= 0.3 is 0 Å². The molecule has 0 aromatic heterocycles. The van der Waals surface area contributed by atoms with Gasteiger partial charge in [-0.05, 0) is 24.1 Å². The summed E-state index contributed by atoms with van der Waals surface area (Å²) in [4.78, 5) is 0.135. The first-order valence-electron chi connectivity index (χ1n) is 8.51. The number of hydrogen-bond acceptors (Lipinski definition) is 5. The van der Waals surface area contributed by atoms with Crippen molar-refractivity contribution in [2.45, 2.75) is 23.8 Å². The molecule has 140 valence electrons. The zero-order valence-corrected chi connectivity index (χ0v) is 15.7. The fraction of sp³-hybridized carbons (Fsp3) is 0.368. The third-order valence-electron chi connectivity index (χ3n) is 4.63. The Hall–Kier alpha value is -2.09. The minimum atomic E-state index is -3.72. The van der Waals surface area contributed by atoms with Crippen molar-refractivity contribution in [3.8, 4) is 11.5 Å². The van der Waals surface area contributed by atoms with Gasteiger partial charge in [0.2, 0.25) is 10.0 Å². The van der Waals surface area contributed by atoms with Crippen molar-refractivity contribution < 1.29 is 22.6 Å². The van der Waals surface area contributed by atoms with Crippen LogP contribution in [0.3, 0.4) is 0 Å². The molecule has 0 aliphatic carbocycles. The predicted molar refractivity (Wildman–Crippen MR) is 98.0 cm³/mol. The molecular weight excluding hydrogens is 354 g/mol. The topological polar surface area (TPSA) is 73.9 Å². The lowest BCUT2D eigenvalue weighted by Crippen LogP contribution is -2.41. The molecule has 1 aliphatic rings. The largest absolute Gasteiger partial charge is 0.486 e. The van der Waals surface area contributed by atoms with E-state index in [0.29, 0.717) is 31.1 Å². The van der Waals surface area contributed by atoms with E-state index >= 15 is 0 Å². The van der Waals surface area contributed by atoms with Crippen LogP contribution in [0.5, 0.6) is 11.5 Å². The molecule has 7 heteroatoms. The number of rotatable bonds is 7. The van der Waals surface area contributed by atoms with Crippen molar-refractivity contribution in [3.63, 3.8) is 0 Å². The zero-order valence-electron chi connectivity index (χ0n) is 14.9. The van der Waals surface area contributed by atoms with Crippen LogP contribution in [-0.2, 0) is 20.4 Å². The fourth-order valence-corrected chi connectivity index (χ4v) is 4.09. The second kappa shape index (κ2) is 7.65. The van der Waals surface area contributed by atoms with Crippen molar-refractivity contribution in [1.82, 2.24) is 4.72 Å². The molecule has 2 aromatic carbocycles. The van der Waals surface area contributed by atoms with Crippen LogP contribution in [0.2, 0.25) is 0 Å². The average Bonchev–Trinajstić information content (AvgIpc) is 2.69. The Morgan fingerprint density at radius 3 is 2.42 bits per heavy atom. The summed E-state index contributed by atoms with van der Waals surface area (Å²) in [6, 6.07) is 14.2. The standard InChI is InChI=1S/C19H23NO5S/c1-3-19(23-2,15-7-5-4-6-8-15)14-20-26(21,22)16-9-10-17-18(13-16)25-12-11-24-17/h4-10,13,20H,3,11-12,14H2,1-2H3. The van der Waals surface area contributed by atoms with Gasteiger partial charge in [-0.25, -0.2) is 13.1 Å². The molecule has 1 aliphatic heterocycles. The van der Waals surface area contributed by atoms with Crippen LogP contribution in [0.1, 0.15) is 18.9 Å². The van der Waals surface area contributed by atoms with E-state index in [-0.39, 0.29) is 11.4 Å². The Labute approximate surface area is 154 Å². The Morgan fingerprint density at radius 1 is 1.08 bits per heavy atom. The lowest BCUT2D eigenvalue weighted by molar-refractivity contribution is -0.0133. The van der Waals surface area contributed by atoms with Crippen LogP contribution < -0.4 is 14.2 Å².